The van der Waals surface area contributed by atoms with E-state index in [2.05, 4.69) is 10.3 Å². The third-order valence-electron chi connectivity index (χ3n) is 2.71. The SMILES string of the molecule is CC.Oc1ccc(-c2nc3c(o2)CCNC3)cc1. The van der Waals surface area contributed by atoms with E-state index >= 15 is 0 Å². The molecule has 4 nitrogen and oxygen atoms in total. The molecule has 0 saturated carbocycles. The van der Waals surface area contributed by atoms with E-state index in [0.29, 0.717) is 5.89 Å². The maximum absolute atomic E-state index is 9.20. The highest BCUT2D eigenvalue weighted by Gasteiger charge is 2.17. The number of hydrogen-bond donors (Lipinski definition) is 2. The molecule has 4 heteroatoms. The van der Waals surface area contributed by atoms with Crippen LogP contribution in [0.5, 0.6) is 5.75 Å². The van der Waals surface area contributed by atoms with Gasteiger partial charge in [-0.15, -0.1) is 0 Å². The van der Waals surface area contributed by atoms with Crippen molar-refractivity contribution in [1.82, 2.24) is 10.3 Å². The van der Waals surface area contributed by atoms with E-state index in [9.17, 15) is 5.11 Å². The van der Waals surface area contributed by atoms with E-state index in [0.717, 1.165) is 36.5 Å². The molecule has 0 bridgehead atoms. The van der Waals surface area contributed by atoms with Crippen LogP contribution in [0.3, 0.4) is 0 Å². The van der Waals surface area contributed by atoms with Gasteiger partial charge in [-0.25, -0.2) is 4.98 Å². The van der Waals surface area contributed by atoms with Gasteiger partial charge in [0.2, 0.25) is 5.89 Å². The normalized spacial score (nSPS) is 13.4. The van der Waals surface area contributed by atoms with Gasteiger partial charge >= 0.3 is 0 Å². The Balaban J connectivity index is 0.000000574. The van der Waals surface area contributed by atoms with Crippen LogP contribution >= 0.6 is 0 Å². The third kappa shape index (κ3) is 2.54. The summed E-state index contributed by atoms with van der Waals surface area (Å²) >= 11 is 0. The van der Waals surface area contributed by atoms with E-state index in [1.165, 1.54) is 0 Å². The molecule has 0 saturated heterocycles. The number of aromatic nitrogens is 1. The molecule has 0 spiro atoms. The highest BCUT2D eigenvalue weighted by molar-refractivity contribution is 5.55. The van der Waals surface area contributed by atoms with Crippen molar-refractivity contribution in [3.8, 4) is 17.2 Å². The van der Waals surface area contributed by atoms with Crippen molar-refractivity contribution < 1.29 is 9.52 Å². The van der Waals surface area contributed by atoms with Gasteiger partial charge in [0.1, 0.15) is 11.5 Å². The maximum atomic E-state index is 9.20. The first-order valence-corrected chi connectivity index (χ1v) is 6.31. The van der Waals surface area contributed by atoms with Crippen molar-refractivity contribution in [3.63, 3.8) is 0 Å². The fraction of sp³-hybridized carbons (Fsp3) is 0.357. The van der Waals surface area contributed by atoms with Crippen molar-refractivity contribution in [3.05, 3.63) is 35.7 Å². The van der Waals surface area contributed by atoms with Crippen LogP contribution in [0.15, 0.2) is 28.7 Å². The zero-order chi connectivity index (χ0) is 13.0. The molecule has 2 heterocycles. The molecule has 1 aliphatic heterocycles. The molecule has 0 radical (unpaired) electrons. The van der Waals surface area contributed by atoms with Crippen LogP contribution in [0, 0.1) is 0 Å². The number of nitrogens with zero attached hydrogens (tertiary/aromatic N) is 1. The Morgan fingerprint density at radius 3 is 2.61 bits per heavy atom. The zero-order valence-electron chi connectivity index (χ0n) is 10.7. The summed E-state index contributed by atoms with van der Waals surface area (Å²) in [6.07, 6.45) is 0.889. The maximum Gasteiger partial charge on any atom is 0.226 e. The van der Waals surface area contributed by atoms with Crippen molar-refractivity contribution in [1.29, 1.82) is 0 Å². The Bertz CT molecular complexity index is 480. The average Bonchev–Trinajstić information content (AvgIpc) is 2.85. The number of oxazole rings is 1. The molecular formula is C14H18N2O2. The summed E-state index contributed by atoms with van der Waals surface area (Å²) in [5.74, 6) is 1.86. The van der Waals surface area contributed by atoms with E-state index in [1.54, 1.807) is 24.3 Å². The van der Waals surface area contributed by atoms with Crippen LogP contribution in [-0.4, -0.2) is 16.6 Å². The van der Waals surface area contributed by atoms with Crippen LogP contribution in [-0.2, 0) is 13.0 Å². The summed E-state index contributed by atoms with van der Waals surface area (Å²) in [6.45, 7) is 5.72. The monoisotopic (exact) mass is 246 g/mol. The molecule has 0 aliphatic carbocycles. The van der Waals surface area contributed by atoms with Gasteiger partial charge in [-0.05, 0) is 24.3 Å². The smallest absolute Gasteiger partial charge is 0.226 e. The van der Waals surface area contributed by atoms with Crippen LogP contribution in [0.2, 0.25) is 0 Å². The number of rotatable bonds is 1. The molecule has 0 amide bonds. The van der Waals surface area contributed by atoms with Gasteiger partial charge in [-0.3, -0.25) is 0 Å². The van der Waals surface area contributed by atoms with Gasteiger partial charge in [0.15, 0.2) is 0 Å². The summed E-state index contributed by atoms with van der Waals surface area (Å²) in [4.78, 5) is 4.44. The molecule has 18 heavy (non-hydrogen) atoms. The number of phenols is 1. The summed E-state index contributed by atoms with van der Waals surface area (Å²) in [5.41, 5.74) is 1.89. The number of benzene rings is 1. The highest BCUT2D eigenvalue weighted by atomic mass is 16.4. The van der Waals surface area contributed by atoms with Gasteiger partial charge in [-0.1, -0.05) is 13.8 Å². The number of aromatic hydroxyl groups is 1. The van der Waals surface area contributed by atoms with E-state index in [4.69, 9.17) is 4.42 Å². The second-order valence-corrected chi connectivity index (χ2v) is 3.86. The summed E-state index contributed by atoms with van der Waals surface area (Å²) in [7, 11) is 0. The molecule has 0 fully saturated rings. The zero-order valence-corrected chi connectivity index (χ0v) is 10.7. The Morgan fingerprint density at radius 2 is 1.94 bits per heavy atom. The van der Waals surface area contributed by atoms with Crippen molar-refractivity contribution >= 4 is 0 Å². The molecule has 1 aromatic heterocycles. The Kier molecular flexibility index (Phi) is 3.99. The minimum absolute atomic E-state index is 0.252. The van der Waals surface area contributed by atoms with Crippen LogP contribution in [0.4, 0.5) is 0 Å². The number of nitrogens with one attached hydrogen (secondary N) is 1. The minimum Gasteiger partial charge on any atom is -0.508 e. The lowest BCUT2D eigenvalue weighted by Gasteiger charge is -2.08. The minimum atomic E-state index is 0.252. The van der Waals surface area contributed by atoms with Crippen molar-refractivity contribution in [2.75, 3.05) is 6.54 Å². The van der Waals surface area contributed by atoms with Gasteiger partial charge in [0.05, 0.1) is 5.69 Å². The molecule has 0 unspecified atom stereocenters. The van der Waals surface area contributed by atoms with Crippen LogP contribution in [0.1, 0.15) is 25.3 Å². The lowest BCUT2D eigenvalue weighted by molar-refractivity contribution is 0.474. The van der Waals surface area contributed by atoms with Gasteiger partial charge < -0.3 is 14.8 Å². The first-order chi connectivity index (χ1) is 8.83. The lowest BCUT2D eigenvalue weighted by atomic mass is 10.2. The molecule has 0 atom stereocenters. The molecule has 3 rings (SSSR count). The molecule has 2 N–H and O–H groups in total. The van der Waals surface area contributed by atoms with E-state index in [1.807, 2.05) is 13.8 Å². The van der Waals surface area contributed by atoms with Crippen molar-refractivity contribution in [2.24, 2.45) is 0 Å². The lowest BCUT2D eigenvalue weighted by Crippen LogP contribution is -2.22. The summed E-state index contributed by atoms with van der Waals surface area (Å²) < 4.78 is 5.70. The third-order valence-corrected chi connectivity index (χ3v) is 2.71. The molecule has 1 aliphatic rings. The quantitative estimate of drug-likeness (QED) is 0.812. The Labute approximate surface area is 107 Å². The fourth-order valence-electron chi connectivity index (χ4n) is 1.85. The number of phenolic OH excluding ortho intramolecular Hbond substituents is 1. The second kappa shape index (κ2) is 5.69. The van der Waals surface area contributed by atoms with Gasteiger partial charge in [0.25, 0.3) is 0 Å². The van der Waals surface area contributed by atoms with E-state index < -0.39 is 0 Å². The summed E-state index contributed by atoms with van der Waals surface area (Å²) in [6, 6.07) is 6.88. The fourth-order valence-corrected chi connectivity index (χ4v) is 1.85. The topological polar surface area (TPSA) is 58.3 Å². The largest absolute Gasteiger partial charge is 0.508 e. The van der Waals surface area contributed by atoms with Crippen molar-refractivity contribution in [2.45, 2.75) is 26.8 Å². The first-order valence-electron chi connectivity index (χ1n) is 6.31. The molecule has 2 aromatic rings. The highest BCUT2D eigenvalue weighted by Crippen LogP contribution is 2.25. The van der Waals surface area contributed by atoms with E-state index in [-0.39, 0.29) is 5.75 Å². The molecule has 96 valence electrons. The molecular weight excluding hydrogens is 228 g/mol. The first kappa shape index (κ1) is 12.6. The average molecular weight is 246 g/mol. The number of hydrogen-bond acceptors (Lipinski definition) is 4. The predicted octanol–water partition coefficient (Wildman–Crippen LogP) is 2.72. The van der Waals surface area contributed by atoms with Crippen LogP contribution in [0.25, 0.3) is 11.5 Å². The molecule has 1 aromatic carbocycles. The second-order valence-electron chi connectivity index (χ2n) is 3.86. The Hall–Kier alpha value is -1.81. The summed E-state index contributed by atoms with van der Waals surface area (Å²) in [5, 5.41) is 12.5. The Morgan fingerprint density at radius 1 is 1.22 bits per heavy atom. The standard InChI is InChI=1S/C12H12N2O2.C2H6/c15-9-3-1-8(2-4-9)12-14-10-7-13-6-5-11(10)16-12;1-2/h1-4,13,15H,5-7H2;1-2H3. The van der Waals surface area contributed by atoms with Crippen LogP contribution < -0.4 is 5.32 Å². The number of fused-ring (bicyclic) bond motifs is 1. The predicted molar refractivity (Wildman–Crippen MR) is 70.4 cm³/mol. The van der Waals surface area contributed by atoms with Gasteiger partial charge in [-0.2, -0.15) is 0 Å². The van der Waals surface area contributed by atoms with Gasteiger partial charge in [0, 0.05) is 25.1 Å².